The van der Waals surface area contributed by atoms with Gasteiger partial charge in [-0.1, -0.05) is 36.4 Å². The van der Waals surface area contributed by atoms with E-state index in [1.54, 1.807) is 0 Å². The van der Waals surface area contributed by atoms with Crippen molar-refractivity contribution in [3.63, 3.8) is 0 Å². The quantitative estimate of drug-likeness (QED) is 0.813. The fourth-order valence-corrected chi connectivity index (χ4v) is 5.10. The average molecular weight is 429 g/mol. The van der Waals surface area contributed by atoms with E-state index in [0.717, 1.165) is 62.1 Å². The second-order valence-electron chi connectivity index (χ2n) is 8.42. The molecule has 3 aliphatic heterocycles. The van der Waals surface area contributed by atoms with Gasteiger partial charge in [0.25, 0.3) is 0 Å². The van der Waals surface area contributed by atoms with Gasteiger partial charge in [-0.3, -0.25) is 14.5 Å². The minimum atomic E-state index is -0.233. The lowest BCUT2D eigenvalue weighted by atomic mass is 10.1. The molecule has 7 heteroatoms. The molecule has 30 heavy (non-hydrogen) atoms. The van der Waals surface area contributed by atoms with Crippen LogP contribution in [0.3, 0.4) is 0 Å². The van der Waals surface area contributed by atoms with Crippen LogP contribution in [0.5, 0.6) is 0 Å². The van der Waals surface area contributed by atoms with Crippen molar-refractivity contribution in [1.29, 1.82) is 0 Å². The molecule has 3 heterocycles. The molecular formula is C23H29ClN4O2. The van der Waals surface area contributed by atoms with Crippen molar-refractivity contribution in [3.8, 4) is 0 Å². The fourth-order valence-electron chi connectivity index (χ4n) is 5.10. The standard InChI is InChI=1S/C23H28N4O2.ClH/c28-22-14-18(15-27(22)21-7-3-5-17-4-1-2-6-20(17)21)23(29)26-11-8-19(16-26)25-12-9-24-10-13-25;/h1-7,18-19,24H,8-16H2;1H. The molecule has 5 rings (SSSR count). The summed E-state index contributed by atoms with van der Waals surface area (Å²) in [5.74, 6) is -0.0282. The topological polar surface area (TPSA) is 55.9 Å². The van der Waals surface area contributed by atoms with Crippen LogP contribution in [0.1, 0.15) is 12.8 Å². The minimum Gasteiger partial charge on any atom is -0.341 e. The largest absolute Gasteiger partial charge is 0.341 e. The highest BCUT2D eigenvalue weighted by Crippen LogP contribution is 2.32. The van der Waals surface area contributed by atoms with Crippen LogP contribution in [0.2, 0.25) is 0 Å². The highest BCUT2D eigenvalue weighted by atomic mass is 35.5. The average Bonchev–Trinajstić information content (AvgIpc) is 3.41. The Morgan fingerprint density at radius 1 is 0.967 bits per heavy atom. The zero-order valence-corrected chi connectivity index (χ0v) is 17.9. The van der Waals surface area contributed by atoms with Crippen molar-refractivity contribution in [2.24, 2.45) is 5.92 Å². The molecule has 2 atom stereocenters. The van der Waals surface area contributed by atoms with Gasteiger partial charge in [-0.2, -0.15) is 0 Å². The van der Waals surface area contributed by atoms with E-state index in [1.165, 1.54) is 0 Å². The first-order valence-corrected chi connectivity index (χ1v) is 10.7. The Bertz CT molecular complexity index is 925. The molecule has 1 N–H and O–H groups in total. The number of piperazine rings is 1. The molecule has 2 unspecified atom stereocenters. The summed E-state index contributed by atoms with van der Waals surface area (Å²) in [6.45, 7) is 6.28. The van der Waals surface area contributed by atoms with Crippen molar-refractivity contribution < 1.29 is 9.59 Å². The predicted octanol–water partition coefficient (Wildman–Crippen LogP) is 2.12. The minimum absolute atomic E-state index is 0. The van der Waals surface area contributed by atoms with Crippen LogP contribution in [-0.4, -0.2) is 73.5 Å². The van der Waals surface area contributed by atoms with Crippen molar-refractivity contribution in [1.82, 2.24) is 15.1 Å². The monoisotopic (exact) mass is 428 g/mol. The number of hydrogen-bond donors (Lipinski definition) is 1. The molecule has 0 aromatic heterocycles. The van der Waals surface area contributed by atoms with Crippen LogP contribution in [0.25, 0.3) is 10.8 Å². The summed E-state index contributed by atoms with van der Waals surface area (Å²) in [5.41, 5.74) is 0.920. The number of likely N-dealkylation sites (tertiary alicyclic amines) is 1. The third-order valence-electron chi connectivity index (χ3n) is 6.67. The van der Waals surface area contributed by atoms with Crippen LogP contribution in [0.15, 0.2) is 42.5 Å². The molecule has 3 fully saturated rings. The Morgan fingerprint density at radius 3 is 2.57 bits per heavy atom. The lowest BCUT2D eigenvalue weighted by Gasteiger charge is -2.32. The number of nitrogens with zero attached hydrogens (tertiary/aromatic N) is 3. The summed E-state index contributed by atoms with van der Waals surface area (Å²) in [7, 11) is 0. The summed E-state index contributed by atoms with van der Waals surface area (Å²) < 4.78 is 0. The van der Waals surface area contributed by atoms with Crippen molar-refractivity contribution in [2.75, 3.05) is 50.7 Å². The van der Waals surface area contributed by atoms with E-state index >= 15 is 0 Å². The molecule has 2 aromatic carbocycles. The highest BCUT2D eigenvalue weighted by Gasteiger charge is 2.40. The van der Waals surface area contributed by atoms with Gasteiger partial charge in [-0.15, -0.1) is 12.4 Å². The van der Waals surface area contributed by atoms with Gasteiger partial charge in [0.05, 0.1) is 11.6 Å². The molecule has 3 saturated heterocycles. The summed E-state index contributed by atoms with van der Waals surface area (Å²) >= 11 is 0. The third-order valence-corrected chi connectivity index (χ3v) is 6.67. The van der Waals surface area contributed by atoms with Gasteiger partial charge in [0.1, 0.15) is 0 Å². The second kappa shape index (κ2) is 8.92. The van der Waals surface area contributed by atoms with Crippen molar-refractivity contribution in [2.45, 2.75) is 18.9 Å². The molecule has 160 valence electrons. The second-order valence-corrected chi connectivity index (χ2v) is 8.42. The zero-order chi connectivity index (χ0) is 19.8. The van der Waals surface area contributed by atoms with Crippen molar-refractivity contribution >= 4 is 40.7 Å². The van der Waals surface area contributed by atoms with E-state index in [2.05, 4.69) is 22.3 Å². The third kappa shape index (κ3) is 3.92. The number of carbonyl (C=O) groups excluding carboxylic acids is 2. The van der Waals surface area contributed by atoms with Gasteiger partial charge >= 0.3 is 0 Å². The van der Waals surface area contributed by atoms with E-state index in [9.17, 15) is 9.59 Å². The lowest BCUT2D eigenvalue weighted by Crippen LogP contribution is -2.49. The van der Waals surface area contributed by atoms with Gasteiger partial charge in [0.2, 0.25) is 11.8 Å². The van der Waals surface area contributed by atoms with E-state index < -0.39 is 0 Å². The maximum absolute atomic E-state index is 13.2. The van der Waals surface area contributed by atoms with Gasteiger partial charge in [-0.05, 0) is 17.9 Å². The van der Waals surface area contributed by atoms with Crippen molar-refractivity contribution in [3.05, 3.63) is 42.5 Å². The molecule has 2 aromatic rings. The summed E-state index contributed by atoms with van der Waals surface area (Å²) in [6.07, 6.45) is 1.36. The molecule has 0 spiro atoms. The Hall–Kier alpha value is -2.15. The van der Waals surface area contributed by atoms with E-state index in [0.29, 0.717) is 19.0 Å². The predicted molar refractivity (Wildman–Crippen MR) is 121 cm³/mol. The molecule has 0 saturated carbocycles. The summed E-state index contributed by atoms with van der Waals surface area (Å²) in [5, 5.41) is 5.57. The van der Waals surface area contributed by atoms with Crippen LogP contribution in [0, 0.1) is 5.92 Å². The number of fused-ring (bicyclic) bond motifs is 1. The fraction of sp³-hybridized carbons (Fsp3) is 0.478. The Labute approximate surface area is 183 Å². The summed E-state index contributed by atoms with van der Waals surface area (Å²) in [4.78, 5) is 32.3. The van der Waals surface area contributed by atoms with E-state index in [4.69, 9.17) is 0 Å². The molecule has 0 radical (unpaired) electrons. The first-order valence-electron chi connectivity index (χ1n) is 10.7. The molecule has 3 aliphatic rings. The number of hydrogen-bond acceptors (Lipinski definition) is 4. The number of rotatable bonds is 3. The molecular weight excluding hydrogens is 400 g/mol. The van der Waals surface area contributed by atoms with Crippen LogP contribution >= 0.6 is 12.4 Å². The normalized spacial score (nSPS) is 25.0. The first kappa shape index (κ1) is 21.1. The molecule has 6 nitrogen and oxygen atoms in total. The molecule has 2 amide bonds. The SMILES string of the molecule is Cl.O=C(C1CC(=O)N(c2cccc3ccccc23)C1)N1CCC(N2CCNCC2)C1. The Morgan fingerprint density at radius 2 is 1.73 bits per heavy atom. The number of benzene rings is 2. The van der Waals surface area contributed by atoms with Gasteiger partial charge < -0.3 is 15.1 Å². The Balaban J connectivity index is 0.00000218. The van der Waals surface area contributed by atoms with E-state index in [1.807, 2.05) is 40.1 Å². The Kier molecular flexibility index (Phi) is 6.27. The van der Waals surface area contributed by atoms with Crippen LogP contribution in [0.4, 0.5) is 5.69 Å². The smallest absolute Gasteiger partial charge is 0.228 e. The number of halogens is 1. The van der Waals surface area contributed by atoms with Crippen LogP contribution in [-0.2, 0) is 9.59 Å². The maximum Gasteiger partial charge on any atom is 0.228 e. The number of anilines is 1. The summed E-state index contributed by atoms with van der Waals surface area (Å²) in [6, 6.07) is 14.6. The number of carbonyl (C=O) groups is 2. The number of amides is 2. The lowest BCUT2D eigenvalue weighted by molar-refractivity contribution is -0.135. The molecule has 0 aliphatic carbocycles. The van der Waals surface area contributed by atoms with Gasteiger partial charge in [0, 0.05) is 63.7 Å². The van der Waals surface area contributed by atoms with E-state index in [-0.39, 0.29) is 30.1 Å². The highest BCUT2D eigenvalue weighted by molar-refractivity contribution is 6.07. The maximum atomic E-state index is 13.2. The number of nitrogens with one attached hydrogen (secondary N) is 1. The zero-order valence-electron chi connectivity index (χ0n) is 17.1. The molecule has 0 bridgehead atoms. The van der Waals surface area contributed by atoms with Gasteiger partial charge in [-0.25, -0.2) is 0 Å². The van der Waals surface area contributed by atoms with Gasteiger partial charge in [0.15, 0.2) is 0 Å². The first-order chi connectivity index (χ1) is 14.2. The van der Waals surface area contributed by atoms with Crippen LogP contribution < -0.4 is 10.2 Å².